The van der Waals surface area contributed by atoms with Gasteiger partial charge in [0.25, 0.3) is 11.8 Å². The standard InChI is InChI=1S/C33H24F4N2O.C20H12BrF4NO.C13H13N/c34-29-20-28(30(35)32(37)31(29)36)33(40)39-27-16-10-24(11-17-27)19-23-8-14-26(15-9-23)38-25-12-6-22(7-13-25)18-21-4-2-1-3-5-21;21-13-5-1-11(2-6-13)9-12-3-7-14(8-4-12)26-20(27)15-10-16(22)18(24)19(25)17(15)23;14-13-8-6-12(7-9-13)10-11-4-2-1-3-5-11/h1-17,20,38H,18-19H2,(H,39,40);1-8,10H,9H2,(H,26,27);1-9H,10,14H2. The molecule has 0 atom stereocenters. The molecule has 408 valence electrons. The van der Waals surface area contributed by atoms with Crippen LogP contribution in [0.25, 0.3) is 0 Å². The fraction of sp³-hybridized carbons (Fsp3) is 0.0606. The number of anilines is 5. The highest BCUT2D eigenvalue weighted by Crippen LogP contribution is 2.25. The van der Waals surface area contributed by atoms with Gasteiger partial charge in [0.2, 0.25) is 0 Å². The number of carbonyl (C=O) groups is 2. The molecule has 0 aliphatic heterocycles. The Morgan fingerprint density at radius 1 is 0.333 bits per heavy atom. The van der Waals surface area contributed by atoms with Gasteiger partial charge < -0.3 is 21.7 Å². The van der Waals surface area contributed by atoms with Crippen molar-refractivity contribution < 1.29 is 44.7 Å². The molecule has 0 saturated carbocycles. The van der Waals surface area contributed by atoms with Crippen LogP contribution in [0.3, 0.4) is 0 Å². The topological polar surface area (TPSA) is 96.2 Å². The van der Waals surface area contributed by atoms with Gasteiger partial charge in [0, 0.05) is 32.9 Å². The van der Waals surface area contributed by atoms with Crippen molar-refractivity contribution in [3.63, 3.8) is 0 Å². The number of nitrogen functional groups attached to an aromatic ring is 1. The van der Waals surface area contributed by atoms with Crippen molar-refractivity contribution in [1.29, 1.82) is 0 Å². The van der Waals surface area contributed by atoms with Crippen molar-refractivity contribution in [2.45, 2.75) is 25.7 Å². The van der Waals surface area contributed by atoms with Crippen LogP contribution in [0.1, 0.15) is 65.2 Å². The Balaban J connectivity index is 0.000000179. The summed E-state index contributed by atoms with van der Waals surface area (Å²) in [4.78, 5) is 24.3. The Hall–Kier alpha value is -9.34. The molecule has 10 rings (SSSR count). The van der Waals surface area contributed by atoms with E-state index >= 15 is 0 Å². The van der Waals surface area contributed by atoms with Crippen LogP contribution in [0.4, 0.5) is 63.6 Å². The van der Waals surface area contributed by atoms with Crippen LogP contribution in [-0.2, 0) is 25.7 Å². The van der Waals surface area contributed by atoms with Crippen LogP contribution in [0.5, 0.6) is 0 Å². The van der Waals surface area contributed by atoms with Crippen molar-refractivity contribution in [1.82, 2.24) is 0 Å². The number of nitrogens with two attached hydrogens (primary N) is 1. The van der Waals surface area contributed by atoms with E-state index in [1.807, 2.05) is 84.9 Å². The molecular formula is C66H49BrF8N4O2. The molecule has 5 N–H and O–H groups in total. The van der Waals surface area contributed by atoms with Crippen LogP contribution in [0.2, 0.25) is 0 Å². The second-order valence-electron chi connectivity index (χ2n) is 18.6. The molecule has 0 aromatic heterocycles. The quantitative estimate of drug-likeness (QED) is 0.0378. The molecule has 0 radical (unpaired) electrons. The van der Waals surface area contributed by atoms with E-state index < -0.39 is 69.5 Å². The van der Waals surface area contributed by atoms with Gasteiger partial charge in [0.05, 0.1) is 11.1 Å². The average Bonchev–Trinajstić information content (AvgIpc) is 3.49. The third-order valence-electron chi connectivity index (χ3n) is 12.5. The highest BCUT2D eigenvalue weighted by molar-refractivity contribution is 9.10. The molecule has 0 aliphatic carbocycles. The molecule has 0 unspecified atom stereocenters. The molecule has 0 saturated heterocycles. The number of rotatable bonds is 14. The first-order chi connectivity index (χ1) is 39.0. The van der Waals surface area contributed by atoms with Gasteiger partial charge in [-0.05, 0) is 155 Å². The fourth-order valence-corrected chi connectivity index (χ4v) is 8.50. The van der Waals surface area contributed by atoms with Gasteiger partial charge in [-0.25, -0.2) is 35.1 Å². The van der Waals surface area contributed by atoms with E-state index in [1.165, 1.54) is 22.3 Å². The molecule has 0 fully saturated rings. The third kappa shape index (κ3) is 16.4. The van der Waals surface area contributed by atoms with E-state index in [-0.39, 0.29) is 0 Å². The summed E-state index contributed by atoms with van der Waals surface area (Å²) in [6.45, 7) is 0. The maximum Gasteiger partial charge on any atom is 0.258 e. The van der Waals surface area contributed by atoms with Gasteiger partial charge in [-0.15, -0.1) is 0 Å². The average molecular weight is 1160 g/mol. The zero-order valence-corrected chi connectivity index (χ0v) is 44.5. The number of amides is 2. The smallest absolute Gasteiger partial charge is 0.258 e. The van der Waals surface area contributed by atoms with E-state index in [1.54, 1.807) is 48.5 Å². The van der Waals surface area contributed by atoms with E-state index in [2.05, 4.69) is 105 Å². The van der Waals surface area contributed by atoms with Gasteiger partial charge >= 0.3 is 0 Å². The van der Waals surface area contributed by atoms with Crippen molar-refractivity contribution in [2.75, 3.05) is 21.7 Å². The van der Waals surface area contributed by atoms with Crippen molar-refractivity contribution in [2.24, 2.45) is 0 Å². The van der Waals surface area contributed by atoms with Crippen molar-refractivity contribution in [3.8, 4) is 0 Å². The van der Waals surface area contributed by atoms with Crippen LogP contribution in [0, 0.1) is 46.5 Å². The summed E-state index contributed by atoms with van der Waals surface area (Å²) >= 11 is 3.37. The maximum atomic E-state index is 13.9. The molecule has 0 bridgehead atoms. The summed E-state index contributed by atoms with van der Waals surface area (Å²) in [7, 11) is 0. The molecule has 0 spiro atoms. The van der Waals surface area contributed by atoms with Gasteiger partial charge in [-0.1, -0.05) is 149 Å². The van der Waals surface area contributed by atoms with Crippen molar-refractivity contribution in [3.05, 3.63) is 325 Å². The molecule has 10 aromatic carbocycles. The summed E-state index contributed by atoms with van der Waals surface area (Å²) in [5.41, 5.74) is 16.4. The van der Waals surface area contributed by atoms with E-state index in [0.717, 1.165) is 56.6 Å². The normalized spacial score (nSPS) is 10.6. The maximum absolute atomic E-state index is 13.9. The fourth-order valence-electron chi connectivity index (χ4n) is 8.24. The first-order valence-electron chi connectivity index (χ1n) is 25.1. The van der Waals surface area contributed by atoms with E-state index in [0.29, 0.717) is 36.3 Å². The summed E-state index contributed by atoms with van der Waals surface area (Å²) in [6.07, 6.45) is 3.16. The molecule has 0 aliphatic rings. The first-order valence-corrected chi connectivity index (χ1v) is 25.9. The zero-order valence-electron chi connectivity index (χ0n) is 42.9. The van der Waals surface area contributed by atoms with Gasteiger partial charge in [0.1, 0.15) is 0 Å². The number of nitrogens with one attached hydrogen (secondary N) is 3. The number of carbonyl (C=O) groups excluding carboxylic acids is 2. The van der Waals surface area contributed by atoms with Crippen LogP contribution >= 0.6 is 15.9 Å². The summed E-state index contributed by atoms with van der Waals surface area (Å²) in [5.74, 6) is -16.9. The van der Waals surface area contributed by atoms with Gasteiger partial charge in [-0.3, -0.25) is 9.59 Å². The van der Waals surface area contributed by atoms with E-state index in [9.17, 15) is 44.7 Å². The Kier molecular flexibility index (Phi) is 19.6. The highest BCUT2D eigenvalue weighted by atomic mass is 79.9. The highest BCUT2D eigenvalue weighted by Gasteiger charge is 2.24. The lowest BCUT2D eigenvalue weighted by molar-refractivity contribution is 0.101. The predicted octanol–water partition coefficient (Wildman–Crippen LogP) is 17.1. The zero-order chi connectivity index (χ0) is 57.4. The molecule has 2 amide bonds. The number of hydrogen-bond acceptors (Lipinski definition) is 4. The third-order valence-corrected chi connectivity index (χ3v) is 13.1. The SMILES string of the molecule is Nc1ccc(Cc2ccccc2)cc1.O=C(Nc1ccc(Cc2ccc(Br)cc2)cc1)c1cc(F)c(F)c(F)c1F.O=C(Nc1ccc(Cc2ccc(Nc3ccc(Cc4ccccc4)cc3)cc2)cc1)c1cc(F)c(F)c(F)c1F. The lowest BCUT2D eigenvalue weighted by atomic mass is 10.0. The second kappa shape index (κ2) is 27.5. The van der Waals surface area contributed by atoms with Gasteiger partial charge in [0.15, 0.2) is 46.5 Å². The van der Waals surface area contributed by atoms with Crippen LogP contribution in [0.15, 0.2) is 223 Å². The largest absolute Gasteiger partial charge is 0.399 e. The second-order valence-corrected chi connectivity index (χ2v) is 19.5. The summed E-state index contributed by atoms with van der Waals surface area (Å²) < 4.78 is 108. The minimum absolute atomic E-state index is 0.299. The lowest BCUT2D eigenvalue weighted by Crippen LogP contribution is -2.16. The molecule has 81 heavy (non-hydrogen) atoms. The molecule has 0 heterocycles. The van der Waals surface area contributed by atoms with E-state index in [4.69, 9.17) is 5.73 Å². The molecular weight excluding hydrogens is 1110 g/mol. The number of benzene rings is 10. The van der Waals surface area contributed by atoms with Crippen LogP contribution < -0.4 is 21.7 Å². The minimum atomic E-state index is -2.03. The van der Waals surface area contributed by atoms with Gasteiger partial charge in [-0.2, -0.15) is 0 Å². The minimum Gasteiger partial charge on any atom is -0.399 e. The first kappa shape index (κ1) is 57.8. The van der Waals surface area contributed by atoms with Crippen molar-refractivity contribution >= 4 is 56.2 Å². The predicted molar refractivity (Wildman–Crippen MR) is 307 cm³/mol. The number of halogens is 9. The molecule has 6 nitrogen and oxygen atoms in total. The lowest BCUT2D eigenvalue weighted by Gasteiger charge is -2.10. The summed E-state index contributed by atoms with van der Waals surface area (Å²) in [6, 6.07) is 67.1. The monoisotopic (exact) mass is 1160 g/mol. The molecule has 10 aromatic rings. The summed E-state index contributed by atoms with van der Waals surface area (Å²) in [5, 5.41) is 8.10. The van der Waals surface area contributed by atoms with Crippen LogP contribution in [-0.4, -0.2) is 11.8 Å². The number of hydrogen-bond donors (Lipinski definition) is 4. The Labute approximate surface area is 471 Å². The molecule has 15 heteroatoms. The Morgan fingerprint density at radius 2 is 0.605 bits per heavy atom. The Morgan fingerprint density at radius 3 is 0.926 bits per heavy atom. The Bertz CT molecular complexity index is 3730.